The molecule has 15 heavy (non-hydrogen) atoms. The molecule has 1 N–H and O–H groups in total. The Balaban J connectivity index is 2.19. The molecule has 3 heteroatoms. The normalized spacial score (nSPS) is 18.3. The highest BCUT2D eigenvalue weighted by Crippen LogP contribution is 2.26. The van der Waals surface area contributed by atoms with Gasteiger partial charge in [-0.1, -0.05) is 13.3 Å². The van der Waals surface area contributed by atoms with Crippen LogP contribution in [0.5, 0.6) is 0 Å². The number of rotatable bonds is 6. The van der Waals surface area contributed by atoms with Gasteiger partial charge in [0.2, 0.25) is 5.91 Å². The van der Waals surface area contributed by atoms with Crippen LogP contribution in [0, 0.1) is 5.92 Å². The number of amides is 1. The summed E-state index contributed by atoms with van der Waals surface area (Å²) in [5, 5.41) is 3.27. The minimum atomic E-state index is 0.273. The summed E-state index contributed by atoms with van der Waals surface area (Å²) in [4.78, 5) is 13.7. The molecule has 0 aromatic rings. The quantitative estimate of drug-likeness (QED) is 0.726. The Morgan fingerprint density at radius 2 is 2.20 bits per heavy atom. The Kier molecular flexibility index (Phi) is 5.09. The fraction of sp³-hybridized carbons (Fsp3) is 0.917. The van der Waals surface area contributed by atoms with Crippen LogP contribution < -0.4 is 5.32 Å². The van der Waals surface area contributed by atoms with Crippen molar-refractivity contribution >= 4 is 5.91 Å². The van der Waals surface area contributed by atoms with Gasteiger partial charge in [-0.3, -0.25) is 4.79 Å². The fourth-order valence-corrected chi connectivity index (χ4v) is 2.00. The first-order valence-electron chi connectivity index (χ1n) is 6.10. The van der Waals surface area contributed by atoms with Crippen molar-refractivity contribution in [3.05, 3.63) is 0 Å². The summed E-state index contributed by atoms with van der Waals surface area (Å²) in [6, 6.07) is 0.298. The first kappa shape index (κ1) is 12.5. The molecule has 3 nitrogen and oxygen atoms in total. The van der Waals surface area contributed by atoms with E-state index < -0.39 is 0 Å². The lowest BCUT2D eigenvalue weighted by Gasteiger charge is -2.30. The Morgan fingerprint density at radius 1 is 1.53 bits per heavy atom. The van der Waals surface area contributed by atoms with Crippen molar-refractivity contribution in [2.24, 2.45) is 5.92 Å². The van der Waals surface area contributed by atoms with Crippen LogP contribution in [-0.2, 0) is 4.79 Å². The molecular weight excluding hydrogens is 188 g/mol. The molecule has 0 aliphatic heterocycles. The summed E-state index contributed by atoms with van der Waals surface area (Å²) in [5.74, 6) is 1.05. The molecule has 1 rings (SSSR count). The lowest BCUT2D eigenvalue weighted by molar-refractivity contribution is -0.131. The molecule has 1 amide bonds. The van der Waals surface area contributed by atoms with Crippen LogP contribution in [0.25, 0.3) is 0 Å². The van der Waals surface area contributed by atoms with Gasteiger partial charge in [-0.15, -0.1) is 0 Å². The van der Waals surface area contributed by atoms with E-state index in [0.717, 1.165) is 19.0 Å². The smallest absolute Gasteiger partial charge is 0.223 e. The van der Waals surface area contributed by atoms with E-state index in [-0.39, 0.29) is 5.91 Å². The number of nitrogens with one attached hydrogen (secondary N) is 1. The van der Waals surface area contributed by atoms with E-state index in [2.05, 4.69) is 19.2 Å². The van der Waals surface area contributed by atoms with E-state index in [9.17, 15) is 4.79 Å². The third kappa shape index (κ3) is 4.20. The average molecular weight is 212 g/mol. The predicted molar refractivity (Wildman–Crippen MR) is 62.7 cm³/mol. The van der Waals surface area contributed by atoms with Gasteiger partial charge >= 0.3 is 0 Å². The number of hydrogen-bond donors (Lipinski definition) is 1. The SMILES string of the molecule is CCNC(C)CC(=O)N(C)CC1CCC1. The number of carbonyl (C=O) groups excluding carboxylic acids is 1. The molecular formula is C12H24N2O. The maximum absolute atomic E-state index is 11.8. The van der Waals surface area contributed by atoms with E-state index in [0.29, 0.717) is 12.5 Å². The van der Waals surface area contributed by atoms with E-state index >= 15 is 0 Å². The highest BCUT2D eigenvalue weighted by molar-refractivity contribution is 5.76. The van der Waals surface area contributed by atoms with Gasteiger partial charge in [-0.2, -0.15) is 0 Å². The van der Waals surface area contributed by atoms with Gasteiger partial charge in [0.05, 0.1) is 0 Å². The van der Waals surface area contributed by atoms with Crippen molar-refractivity contribution in [2.45, 2.75) is 45.6 Å². The molecule has 0 aromatic heterocycles. The molecule has 88 valence electrons. The van der Waals surface area contributed by atoms with Crippen LogP contribution in [0.2, 0.25) is 0 Å². The van der Waals surface area contributed by atoms with E-state index in [1.807, 2.05) is 11.9 Å². The minimum Gasteiger partial charge on any atom is -0.345 e. The van der Waals surface area contributed by atoms with Crippen LogP contribution in [-0.4, -0.2) is 37.0 Å². The number of carbonyl (C=O) groups is 1. The first-order valence-corrected chi connectivity index (χ1v) is 6.10. The molecule has 0 saturated heterocycles. The summed E-state index contributed by atoms with van der Waals surface area (Å²) >= 11 is 0. The highest BCUT2D eigenvalue weighted by atomic mass is 16.2. The van der Waals surface area contributed by atoms with Gasteiger partial charge in [0.1, 0.15) is 0 Å². The zero-order valence-corrected chi connectivity index (χ0v) is 10.3. The summed E-state index contributed by atoms with van der Waals surface area (Å²) in [7, 11) is 1.93. The van der Waals surface area contributed by atoms with Gasteiger partial charge in [0, 0.05) is 26.1 Å². The second kappa shape index (κ2) is 6.11. The zero-order chi connectivity index (χ0) is 11.3. The zero-order valence-electron chi connectivity index (χ0n) is 10.3. The average Bonchev–Trinajstić information content (AvgIpc) is 2.11. The lowest BCUT2D eigenvalue weighted by Crippen LogP contribution is -2.38. The Bertz CT molecular complexity index is 202. The first-order chi connectivity index (χ1) is 7.13. The molecule has 0 spiro atoms. The maximum atomic E-state index is 11.8. The van der Waals surface area contributed by atoms with Crippen molar-refractivity contribution in [3.8, 4) is 0 Å². The van der Waals surface area contributed by atoms with Gasteiger partial charge < -0.3 is 10.2 Å². The summed E-state index contributed by atoms with van der Waals surface area (Å²) < 4.78 is 0. The van der Waals surface area contributed by atoms with Gasteiger partial charge in [-0.05, 0) is 32.2 Å². The summed E-state index contributed by atoms with van der Waals surface area (Å²) in [5.41, 5.74) is 0. The number of nitrogens with zero attached hydrogens (tertiary/aromatic N) is 1. The lowest BCUT2D eigenvalue weighted by atomic mass is 9.85. The van der Waals surface area contributed by atoms with Crippen molar-refractivity contribution < 1.29 is 4.79 Å². The third-order valence-corrected chi connectivity index (χ3v) is 3.22. The van der Waals surface area contributed by atoms with Crippen molar-refractivity contribution in [1.82, 2.24) is 10.2 Å². The Hall–Kier alpha value is -0.570. The molecule has 1 unspecified atom stereocenters. The van der Waals surface area contributed by atoms with Gasteiger partial charge in [0.15, 0.2) is 0 Å². The predicted octanol–water partition coefficient (Wildman–Crippen LogP) is 1.63. The summed E-state index contributed by atoms with van der Waals surface area (Å²) in [6.07, 6.45) is 4.58. The highest BCUT2D eigenvalue weighted by Gasteiger charge is 2.21. The summed E-state index contributed by atoms with van der Waals surface area (Å²) in [6.45, 7) is 6.02. The topological polar surface area (TPSA) is 32.3 Å². The van der Waals surface area contributed by atoms with Crippen LogP contribution in [0.1, 0.15) is 39.5 Å². The largest absolute Gasteiger partial charge is 0.345 e. The van der Waals surface area contributed by atoms with Crippen LogP contribution in [0.4, 0.5) is 0 Å². The van der Waals surface area contributed by atoms with Gasteiger partial charge in [0.25, 0.3) is 0 Å². The molecule has 1 saturated carbocycles. The minimum absolute atomic E-state index is 0.273. The van der Waals surface area contributed by atoms with Crippen molar-refractivity contribution in [1.29, 1.82) is 0 Å². The Labute approximate surface area is 93.2 Å². The molecule has 0 radical (unpaired) electrons. The van der Waals surface area contributed by atoms with Crippen molar-refractivity contribution in [2.75, 3.05) is 20.1 Å². The van der Waals surface area contributed by atoms with Crippen LogP contribution in [0.15, 0.2) is 0 Å². The van der Waals surface area contributed by atoms with E-state index in [4.69, 9.17) is 0 Å². The van der Waals surface area contributed by atoms with Crippen LogP contribution >= 0.6 is 0 Å². The van der Waals surface area contributed by atoms with E-state index in [1.165, 1.54) is 19.3 Å². The monoisotopic (exact) mass is 212 g/mol. The maximum Gasteiger partial charge on any atom is 0.223 e. The van der Waals surface area contributed by atoms with Gasteiger partial charge in [-0.25, -0.2) is 0 Å². The van der Waals surface area contributed by atoms with Crippen molar-refractivity contribution in [3.63, 3.8) is 0 Å². The molecule has 0 bridgehead atoms. The standard InChI is InChI=1S/C12H24N2O/c1-4-13-10(2)8-12(15)14(3)9-11-6-5-7-11/h10-11,13H,4-9H2,1-3H3. The molecule has 1 aliphatic rings. The van der Waals surface area contributed by atoms with Crippen LogP contribution in [0.3, 0.4) is 0 Å². The molecule has 1 aliphatic carbocycles. The van der Waals surface area contributed by atoms with E-state index in [1.54, 1.807) is 0 Å². The number of hydrogen-bond acceptors (Lipinski definition) is 2. The molecule has 1 fully saturated rings. The third-order valence-electron chi connectivity index (χ3n) is 3.22. The second-order valence-corrected chi connectivity index (χ2v) is 4.73. The Morgan fingerprint density at radius 3 is 2.67 bits per heavy atom. The molecule has 1 atom stereocenters. The molecule has 0 heterocycles. The second-order valence-electron chi connectivity index (χ2n) is 4.73. The fourth-order valence-electron chi connectivity index (χ4n) is 2.00. The molecule has 0 aromatic carbocycles.